The van der Waals surface area contributed by atoms with Gasteiger partial charge in [-0.2, -0.15) is 0 Å². The molecule has 0 aromatic heterocycles. The van der Waals surface area contributed by atoms with E-state index in [0.717, 1.165) is 22.2 Å². The van der Waals surface area contributed by atoms with Crippen molar-refractivity contribution in [1.82, 2.24) is 0 Å². The zero-order chi connectivity index (χ0) is 21.0. The van der Waals surface area contributed by atoms with Gasteiger partial charge in [0.2, 0.25) is 0 Å². The quantitative estimate of drug-likeness (QED) is 0.622. The number of rotatable bonds is 7. The number of hydrogen-bond acceptors (Lipinski definition) is 7. The van der Waals surface area contributed by atoms with Crippen molar-refractivity contribution >= 4 is 34.7 Å². The predicted octanol–water partition coefficient (Wildman–Crippen LogP) is 4.35. The summed E-state index contributed by atoms with van der Waals surface area (Å²) in [6, 6.07) is 10.2. The smallest absolute Gasteiger partial charge is 0.298 e. The number of hydrogen-bond donors (Lipinski definition) is 0. The summed E-state index contributed by atoms with van der Waals surface area (Å²) < 4.78 is 21.3. The van der Waals surface area contributed by atoms with Gasteiger partial charge in [0.15, 0.2) is 11.5 Å². The standard InChI is InChI=1S/C21H21NO6S/c1-5-28-16-9-6-13(10-18(16)27-4)11-19-20(23)22(21(24)29-19)15-8-7-14(25-2)12-17(15)26-3/h6-12H,5H2,1-4H3/b19-11-. The Kier molecular flexibility index (Phi) is 6.33. The predicted molar refractivity (Wildman–Crippen MR) is 112 cm³/mol. The van der Waals surface area contributed by atoms with Gasteiger partial charge in [0.25, 0.3) is 11.1 Å². The van der Waals surface area contributed by atoms with Crippen molar-refractivity contribution in [3.8, 4) is 23.0 Å². The Labute approximate surface area is 173 Å². The number of carbonyl (C=O) groups is 2. The van der Waals surface area contributed by atoms with Gasteiger partial charge >= 0.3 is 0 Å². The van der Waals surface area contributed by atoms with Gasteiger partial charge in [0, 0.05) is 6.07 Å². The first-order valence-corrected chi connectivity index (χ1v) is 9.64. The number of anilines is 1. The molecule has 0 N–H and O–H groups in total. The maximum absolute atomic E-state index is 12.9. The van der Waals surface area contributed by atoms with Crippen LogP contribution in [0.2, 0.25) is 0 Å². The average molecular weight is 415 g/mol. The molecule has 1 saturated heterocycles. The van der Waals surface area contributed by atoms with Crippen LogP contribution in [0.25, 0.3) is 6.08 Å². The number of ether oxygens (including phenoxy) is 4. The van der Waals surface area contributed by atoms with Crippen molar-refractivity contribution in [2.45, 2.75) is 6.92 Å². The zero-order valence-electron chi connectivity index (χ0n) is 16.6. The summed E-state index contributed by atoms with van der Waals surface area (Å²) in [6.07, 6.45) is 1.65. The first-order chi connectivity index (χ1) is 14.0. The summed E-state index contributed by atoms with van der Waals surface area (Å²) >= 11 is 0.868. The SMILES string of the molecule is CCOc1ccc(/C=C2\SC(=O)N(c3ccc(OC)cc3OC)C2=O)cc1OC. The molecule has 2 aromatic rings. The first kappa shape index (κ1) is 20.6. The van der Waals surface area contributed by atoms with E-state index in [1.54, 1.807) is 49.6 Å². The lowest BCUT2D eigenvalue weighted by Gasteiger charge is -2.17. The molecule has 29 heavy (non-hydrogen) atoms. The van der Waals surface area contributed by atoms with E-state index in [4.69, 9.17) is 18.9 Å². The Hall–Kier alpha value is -3.13. The molecule has 0 saturated carbocycles. The molecule has 8 heteroatoms. The molecule has 2 amide bonds. The van der Waals surface area contributed by atoms with E-state index in [2.05, 4.69) is 0 Å². The lowest BCUT2D eigenvalue weighted by Crippen LogP contribution is -2.28. The Morgan fingerprint density at radius 1 is 0.931 bits per heavy atom. The van der Waals surface area contributed by atoms with Crippen LogP contribution in [0, 0.1) is 0 Å². The third-order valence-electron chi connectivity index (χ3n) is 4.21. The minimum atomic E-state index is -0.420. The summed E-state index contributed by atoms with van der Waals surface area (Å²) in [4.78, 5) is 26.9. The fraction of sp³-hybridized carbons (Fsp3) is 0.238. The molecule has 0 aliphatic carbocycles. The van der Waals surface area contributed by atoms with E-state index in [9.17, 15) is 9.59 Å². The number of thioether (sulfide) groups is 1. The maximum atomic E-state index is 12.9. The van der Waals surface area contributed by atoms with Gasteiger partial charge in [-0.15, -0.1) is 0 Å². The van der Waals surface area contributed by atoms with Crippen LogP contribution in [-0.2, 0) is 4.79 Å². The molecule has 0 radical (unpaired) electrons. The Balaban J connectivity index is 1.93. The highest BCUT2D eigenvalue weighted by atomic mass is 32.2. The molecule has 0 atom stereocenters. The van der Waals surface area contributed by atoms with Gasteiger partial charge in [0.05, 0.1) is 38.5 Å². The highest BCUT2D eigenvalue weighted by Crippen LogP contribution is 2.41. The highest BCUT2D eigenvalue weighted by Gasteiger charge is 2.38. The fourth-order valence-electron chi connectivity index (χ4n) is 2.85. The summed E-state index contributed by atoms with van der Waals surface area (Å²) in [7, 11) is 4.55. The van der Waals surface area contributed by atoms with Gasteiger partial charge in [-0.1, -0.05) is 6.07 Å². The zero-order valence-corrected chi connectivity index (χ0v) is 17.4. The summed E-state index contributed by atoms with van der Waals surface area (Å²) in [5.74, 6) is 1.68. The van der Waals surface area contributed by atoms with Crippen LogP contribution >= 0.6 is 11.8 Å². The van der Waals surface area contributed by atoms with Crippen molar-refractivity contribution < 1.29 is 28.5 Å². The number of nitrogens with zero attached hydrogens (tertiary/aromatic N) is 1. The van der Waals surface area contributed by atoms with Crippen LogP contribution in [0.15, 0.2) is 41.3 Å². The van der Waals surface area contributed by atoms with Crippen molar-refractivity contribution in [3.05, 3.63) is 46.9 Å². The summed E-state index contributed by atoms with van der Waals surface area (Å²) in [5.41, 5.74) is 1.08. The van der Waals surface area contributed by atoms with Crippen LogP contribution in [0.1, 0.15) is 12.5 Å². The molecular weight excluding hydrogens is 394 g/mol. The second-order valence-corrected chi connectivity index (χ2v) is 6.89. The molecule has 1 heterocycles. The lowest BCUT2D eigenvalue weighted by atomic mass is 10.1. The normalized spacial score (nSPS) is 15.0. The Morgan fingerprint density at radius 3 is 2.34 bits per heavy atom. The molecule has 3 rings (SSSR count). The minimum absolute atomic E-state index is 0.305. The minimum Gasteiger partial charge on any atom is -0.497 e. The van der Waals surface area contributed by atoms with Gasteiger partial charge in [-0.3, -0.25) is 9.59 Å². The van der Waals surface area contributed by atoms with Crippen molar-refractivity contribution in [2.24, 2.45) is 0 Å². The number of methoxy groups -OCH3 is 3. The van der Waals surface area contributed by atoms with Crippen molar-refractivity contribution in [1.29, 1.82) is 0 Å². The molecule has 7 nitrogen and oxygen atoms in total. The average Bonchev–Trinajstić information content (AvgIpc) is 3.01. The molecule has 1 aliphatic heterocycles. The highest BCUT2D eigenvalue weighted by molar-refractivity contribution is 8.19. The second-order valence-electron chi connectivity index (χ2n) is 5.90. The Morgan fingerprint density at radius 2 is 1.69 bits per heavy atom. The third kappa shape index (κ3) is 4.17. The second kappa shape index (κ2) is 8.91. The van der Waals surface area contributed by atoms with E-state index >= 15 is 0 Å². The van der Waals surface area contributed by atoms with E-state index in [1.165, 1.54) is 14.2 Å². The van der Waals surface area contributed by atoms with Gasteiger partial charge < -0.3 is 18.9 Å². The molecule has 0 unspecified atom stereocenters. The van der Waals surface area contributed by atoms with Crippen LogP contribution in [-0.4, -0.2) is 39.1 Å². The van der Waals surface area contributed by atoms with Crippen LogP contribution in [0.3, 0.4) is 0 Å². The van der Waals surface area contributed by atoms with Crippen molar-refractivity contribution in [3.63, 3.8) is 0 Å². The molecule has 1 aliphatic rings. The van der Waals surface area contributed by atoms with Crippen molar-refractivity contribution in [2.75, 3.05) is 32.8 Å². The van der Waals surface area contributed by atoms with E-state index in [1.807, 2.05) is 6.92 Å². The largest absolute Gasteiger partial charge is 0.497 e. The van der Waals surface area contributed by atoms with Crippen LogP contribution < -0.4 is 23.8 Å². The van der Waals surface area contributed by atoms with Crippen LogP contribution in [0.5, 0.6) is 23.0 Å². The molecule has 1 fully saturated rings. The summed E-state index contributed by atoms with van der Waals surface area (Å²) in [6.45, 7) is 2.40. The van der Waals surface area contributed by atoms with Gasteiger partial charge in [-0.25, -0.2) is 4.90 Å². The summed E-state index contributed by atoms with van der Waals surface area (Å²) in [5, 5.41) is -0.400. The van der Waals surface area contributed by atoms with E-state index < -0.39 is 11.1 Å². The molecule has 0 spiro atoms. The molecule has 0 bridgehead atoms. The molecule has 152 valence electrons. The van der Waals surface area contributed by atoms with E-state index in [0.29, 0.717) is 40.2 Å². The third-order valence-corrected chi connectivity index (χ3v) is 5.08. The van der Waals surface area contributed by atoms with E-state index in [-0.39, 0.29) is 0 Å². The number of benzene rings is 2. The first-order valence-electron chi connectivity index (χ1n) is 8.83. The monoisotopic (exact) mass is 415 g/mol. The lowest BCUT2D eigenvalue weighted by molar-refractivity contribution is -0.113. The topological polar surface area (TPSA) is 74.3 Å². The Bertz CT molecular complexity index is 972. The maximum Gasteiger partial charge on any atom is 0.298 e. The fourth-order valence-corrected chi connectivity index (χ4v) is 3.68. The van der Waals surface area contributed by atoms with Crippen LogP contribution in [0.4, 0.5) is 10.5 Å². The molecule has 2 aromatic carbocycles. The number of carbonyl (C=O) groups excluding carboxylic acids is 2. The number of imide groups is 1. The number of amides is 2. The van der Waals surface area contributed by atoms with Gasteiger partial charge in [0.1, 0.15) is 11.5 Å². The van der Waals surface area contributed by atoms with Gasteiger partial charge in [-0.05, 0) is 54.6 Å². The molecular formula is C21H21NO6S.